The molecule has 0 saturated carbocycles. The quantitative estimate of drug-likeness (QED) is 0.905. The summed E-state index contributed by atoms with van der Waals surface area (Å²) in [6, 6.07) is 4.90. The van der Waals surface area contributed by atoms with Crippen molar-refractivity contribution in [2.24, 2.45) is 7.05 Å². The fourth-order valence-corrected chi connectivity index (χ4v) is 1.59. The van der Waals surface area contributed by atoms with E-state index in [0.29, 0.717) is 5.69 Å². The Kier molecular flexibility index (Phi) is 4.14. The largest absolute Gasteiger partial charge is 0.478 e. The van der Waals surface area contributed by atoms with Gasteiger partial charge in [0, 0.05) is 31.2 Å². The first-order valence-electron chi connectivity index (χ1n) is 6.06. The molecule has 0 aliphatic heterocycles. The van der Waals surface area contributed by atoms with Crippen molar-refractivity contribution in [3.8, 4) is 5.75 Å². The van der Waals surface area contributed by atoms with E-state index in [2.05, 4.69) is 10.3 Å². The average Bonchev–Trinajstić information content (AvgIpc) is 2.42. The number of amides is 1. The van der Waals surface area contributed by atoms with Crippen molar-refractivity contribution in [3.63, 3.8) is 0 Å². The van der Waals surface area contributed by atoms with Crippen LogP contribution in [0.2, 0.25) is 0 Å². The number of anilines is 1. The van der Waals surface area contributed by atoms with Crippen LogP contribution in [0, 0.1) is 6.92 Å². The first-order valence-corrected chi connectivity index (χ1v) is 6.06. The van der Waals surface area contributed by atoms with Crippen LogP contribution in [-0.4, -0.2) is 22.1 Å². The van der Waals surface area contributed by atoms with Gasteiger partial charge in [-0.15, -0.1) is 0 Å². The molecule has 0 aromatic carbocycles. The Bertz CT molecular complexity index is 665. The second kappa shape index (κ2) is 6.01. The summed E-state index contributed by atoms with van der Waals surface area (Å²) in [6.45, 7) is 1.59. The summed E-state index contributed by atoms with van der Waals surface area (Å²) in [7, 11) is 1.80. The first-order chi connectivity index (χ1) is 9.56. The standard InChI is InChI=1S/C14H15N3O3/c1-10-6-12(18)13(8-17(10)2)20-9-14(19)16-11-4-3-5-15-7-11/h3-8H,9H2,1-2H3,(H,16,19). The molecular weight excluding hydrogens is 258 g/mol. The molecule has 0 fully saturated rings. The zero-order valence-corrected chi connectivity index (χ0v) is 11.3. The summed E-state index contributed by atoms with van der Waals surface area (Å²) in [4.78, 5) is 27.2. The maximum atomic E-state index is 11.7. The molecule has 0 spiro atoms. The number of hydrogen-bond donors (Lipinski definition) is 1. The highest BCUT2D eigenvalue weighted by atomic mass is 16.5. The Labute approximate surface area is 116 Å². The fraction of sp³-hybridized carbons (Fsp3) is 0.214. The number of carbonyl (C=O) groups is 1. The van der Waals surface area contributed by atoms with Gasteiger partial charge in [0.15, 0.2) is 12.4 Å². The number of rotatable bonds is 4. The van der Waals surface area contributed by atoms with E-state index in [9.17, 15) is 9.59 Å². The van der Waals surface area contributed by atoms with Gasteiger partial charge in [-0.2, -0.15) is 0 Å². The Morgan fingerprint density at radius 2 is 2.30 bits per heavy atom. The number of hydrogen-bond acceptors (Lipinski definition) is 4. The molecule has 104 valence electrons. The van der Waals surface area contributed by atoms with Crippen molar-refractivity contribution in [2.75, 3.05) is 11.9 Å². The van der Waals surface area contributed by atoms with Crippen LogP contribution in [0.4, 0.5) is 5.69 Å². The van der Waals surface area contributed by atoms with Crippen LogP contribution >= 0.6 is 0 Å². The molecule has 0 saturated heterocycles. The monoisotopic (exact) mass is 273 g/mol. The highest BCUT2D eigenvalue weighted by molar-refractivity contribution is 5.91. The zero-order valence-electron chi connectivity index (χ0n) is 11.3. The van der Waals surface area contributed by atoms with Gasteiger partial charge in [-0.3, -0.25) is 14.6 Å². The molecular formula is C14H15N3O3. The molecule has 0 aliphatic rings. The van der Waals surface area contributed by atoms with Crippen LogP contribution in [0.25, 0.3) is 0 Å². The van der Waals surface area contributed by atoms with Crippen molar-refractivity contribution in [3.05, 3.63) is 52.7 Å². The zero-order chi connectivity index (χ0) is 14.5. The minimum Gasteiger partial charge on any atom is -0.478 e. The summed E-state index contributed by atoms with van der Waals surface area (Å²) >= 11 is 0. The van der Waals surface area contributed by atoms with Gasteiger partial charge in [-0.25, -0.2) is 0 Å². The van der Waals surface area contributed by atoms with Gasteiger partial charge in [0.1, 0.15) is 0 Å². The highest BCUT2D eigenvalue weighted by Crippen LogP contribution is 2.06. The fourth-order valence-electron chi connectivity index (χ4n) is 1.59. The van der Waals surface area contributed by atoms with Crippen molar-refractivity contribution in [1.82, 2.24) is 9.55 Å². The van der Waals surface area contributed by atoms with Gasteiger partial charge in [-0.1, -0.05) is 0 Å². The van der Waals surface area contributed by atoms with Gasteiger partial charge >= 0.3 is 0 Å². The van der Waals surface area contributed by atoms with E-state index in [1.165, 1.54) is 12.3 Å². The summed E-state index contributed by atoms with van der Waals surface area (Å²) in [5.74, 6) is -0.194. The third-order valence-electron chi connectivity index (χ3n) is 2.75. The smallest absolute Gasteiger partial charge is 0.262 e. The van der Waals surface area contributed by atoms with Crippen LogP contribution in [0.15, 0.2) is 41.6 Å². The van der Waals surface area contributed by atoms with Gasteiger partial charge in [0.25, 0.3) is 5.91 Å². The number of aryl methyl sites for hydroxylation is 2. The average molecular weight is 273 g/mol. The predicted octanol–water partition coefficient (Wildman–Crippen LogP) is 1.11. The maximum absolute atomic E-state index is 11.7. The van der Waals surface area contributed by atoms with Gasteiger partial charge < -0.3 is 14.6 Å². The number of nitrogens with one attached hydrogen (secondary N) is 1. The molecule has 20 heavy (non-hydrogen) atoms. The number of aromatic nitrogens is 2. The third-order valence-corrected chi connectivity index (χ3v) is 2.75. The lowest BCUT2D eigenvalue weighted by atomic mass is 10.3. The topological polar surface area (TPSA) is 73.2 Å². The third kappa shape index (κ3) is 3.44. The lowest BCUT2D eigenvalue weighted by molar-refractivity contribution is -0.118. The van der Waals surface area contributed by atoms with Crippen LogP contribution in [0.5, 0.6) is 5.75 Å². The Morgan fingerprint density at radius 3 is 3.00 bits per heavy atom. The molecule has 0 aliphatic carbocycles. The molecule has 1 N–H and O–H groups in total. The van der Waals surface area contributed by atoms with E-state index >= 15 is 0 Å². The molecule has 0 radical (unpaired) electrons. The molecule has 2 aromatic heterocycles. The molecule has 0 atom stereocenters. The summed E-state index contributed by atoms with van der Waals surface area (Å²) in [5.41, 5.74) is 1.16. The van der Waals surface area contributed by atoms with E-state index in [4.69, 9.17) is 4.74 Å². The molecule has 0 unspecified atom stereocenters. The number of nitrogens with zero attached hydrogens (tertiary/aromatic N) is 2. The number of pyridine rings is 2. The van der Waals surface area contributed by atoms with Crippen molar-refractivity contribution >= 4 is 11.6 Å². The Balaban J connectivity index is 1.97. The molecule has 2 rings (SSSR count). The Hall–Kier alpha value is -2.63. The van der Waals surface area contributed by atoms with E-state index in [-0.39, 0.29) is 23.7 Å². The van der Waals surface area contributed by atoms with Crippen molar-refractivity contribution in [1.29, 1.82) is 0 Å². The van der Waals surface area contributed by atoms with E-state index in [1.54, 1.807) is 36.1 Å². The lowest BCUT2D eigenvalue weighted by Crippen LogP contribution is -2.22. The molecule has 1 amide bonds. The second-order valence-corrected chi connectivity index (χ2v) is 4.33. The summed E-state index contributed by atoms with van der Waals surface area (Å²) in [5, 5.41) is 2.62. The van der Waals surface area contributed by atoms with E-state index < -0.39 is 0 Å². The van der Waals surface area contributed by atoms with Gasteiger partial charge in [-0.05, 0) is 19.1 Å². The molecule has 6 heteroatoms. The maximum Gasteiger partial charge on any atom is 0.262 e. The molecule has 2 heterocycles. The summed E-state index contributed by atoms with van der Waals surface area (Å²) in [6.07, 6.45) is 4.71. The summed E-state index contributed by atoms with van der Waals surface area (Å²) < 4.78 is 7.00. The van der Waals surface area contributed by atoms with Crippen LogP contribution < -0.4 is 15.5 Å². The molecule has 2 aromatic rings. The van der Waals surface area contributed by atoms with Crippen molar-refractivity contribution < 1.29 is 9.53 Å². The minimum atomic E-state index is -0.347. The van der Waals surface area contributed by atoms with Crippen LogP contribution in [0.1, 0.15) is 5.69 Å². The molecule has 0 bridgehead atoms. The predicted molar refractivity (Wildman–Crippen MR) is 74.8 cm³/mol. The number of ether oxygens (including phenoxy) is 1. The first kappa shape index (κ1) is 13.8. The minimum absolute atomic E-state index is 0.152. The highest BCUT2D eigenvalue weighted by Gasteiger charge is 2.07. The number of carbonyl (C=O) groups excluding carboxylic acids is 1. The Morgan fingerprint density at radius 1 is 1.50 bits per heavy atom. The van der Waals surface area contributed by atoms with Crippen LogP contribution in [0.3, 0.4) is 0 Å². The van der Waals surface area contributed by atoms with Gasteiger partial charge in [0.2, 0.25) is 5.43 Å². The van der Waals surface area contributed by atoms with E-state index in [1.807, 2.05) is 6.92 Å². The van der Waals surface area contributed by atoms with Crippen molar-refractivity contribution in [2.45, 2.75) is 6.92 Å². The van der Waals surface area contributed by atoms with E-state index in [0.717, 1.165) is 5.69 Å². The second-order valence-electron chi connectivity index (χ2n) is 4.33. The van der Waals surface area contributed by atoms with Gasteiger partial charge in [0.05, 0.1) is 11.9 Å². The lowest BCUT2D eigenvalue weighted by Gasteiger charge is -2.09. The molecule has 6 nitrogen and oxygen atoms in total. The normalized spacial score (nSPS) is 10.1. The van der Waals surface area contributed by atoms with Crippen LogP contribution in [-0.2, 0) is 11.8 Å². The SMILES string of the molecule is Cc1cc(=O)c(OCC(=O)Nc2cccnc2)cn1C.